The summed E-state index contributed by atoms with van der Waals surface area (Å²) in [4.78, 5) is 52.7. The Kier molecular flexibility index (Phi) is 6.17. The first-order chi connectivity index (χ1) is 15.4. The molecule has 1 aliphatic carbocycles. The number of benzene rings is 1. The molecule has 32 heavy (non-hydrogen) atoms. The van der Waals surface area contributed by atoms with E-state index >= 15 is 0 Å². The van der Waals surface area contributed by atoms with E-state index in [4.69, 9.17) is 9.47 Å². The minimum Gasteiger partial charge on any atom is -0.496 e. The minimum atomic E-state index is -0.766. The first-order valence-electron chi connectivity index (χ1n) is 10.3. The van der Waals surface area contributed by atoms with E-state index in [0.29, 0.717) is 16.6 Å². The molecule has 4 rings (SSSR count). The summed E-state index contributed by atoms with van der Waals surface area (Å²) in [5.41, 5.74) is 0.244. The smallest absolute Gasteiger partial charge is 0.326 e. The van der Waals surface area contributed by atoms with E-state index in [-0.39, 0.29) is 47.0 Å². The van der Waals surface area contributed by atoms with Gasteiger partial charge in [-0.2, -0.15) is 4.99 Å². The molecular formula is C21H21N3O7S. The van der Waals surface area contributed by atoms with Gasteiger partial charge in [-0.05, 0) is 32.3 Å². The molecule has 0 radical (unpaired) electrons. The predicted molar refractivity (Wildman–Crippen MR) is 114 cm³/mol. The summed E-state index contributed by atoms with van der Waals surface area (Å²) < 4.78 is 12.6. The number of ketones is 1. The Hall–Kier alpha value is -3.34. The van der Waals surface area contributed by atoms with Gasteiger partial charge in [-0.3, -0.25) is 24.5 Å². The summed E-state index contributed by atoms with van der Waals surface area (Å²) in [6, 6.07) is 4.16. The molecule has 11 heteroatoms. The van der Waals surface area contributed by atoms with Crippen LogP contribution in [-0.2, 0) is 30.4 Å². The van der Waals surface area contributed by atoms with Gasteiger partial charge in [0, 0.05) is 12.1 Å². The summed E-state index contributed by atoms with van der Waals surface area (Å²) in [5, 5.41) is 11.1. The predicted octanol–water partition coefficient (Wildman–Crippen LogP) is 2.64. The van der Waals surface area contributed by atoms with Gasteiger partial charge < -0.3 is 14.0 Å². The number of fused-ring (bicyclic) bond motifs is 2. The molecule has 1 aromatic carbocycles. The highest BCUT2D eigenvalue weighted by Crippen LogP contribution is 2.33. The summed E-state index contributed by atoms with van der Waals surface area (Å²) in [6.07, 6.45) is 4.32. The molecule has 0 bridgehead atoms. The van der Waals surface area contributed by atoms with Crippen LogP contribution < -0.4 is 4.80 Å². The van der Waals surface area contributed by atoms with Crippen LogP contribution >= 0.6 is 11.3 Å². The molecule has 1 aromatic heterocycles. The Morgan fingerprint density at radius 3 is 2.88 bits per heavy atom. The van der Waals surface area contributed by atoms with Crippen molar-refractivity contribution in [2.45, 2.75) is 45.3 Å². The molecule has 1 aliphatic heterocycles. The van der Waals surface area contributed by atoms with Crippen molar-refractivity contribution in [3.8, 4) is 0 Å². The third-order valence-corrected chi connectivity index (χ3v) is 6.60. The van der Waals surface area contributed by atoms with Gasteiger partial charge in [0.1, 0.15) is 18.2 Å². The number of hydrogen-bond acceptors (Lipinski definition) is 8. The number of nitro groups is 1. The molecular weight excluding hydrogens is 438 g/mol. The second-order valence-electron chi connectivity index (χ2n) is 7.56. The highest BCUT2D eigenvalue weighted by atomic mass is 32.1. The zero-order valence-corrected chi connectivity index (χ0v) is 18.1. The first kappa shape index (κ1) is 21.9. The first-order valence-corrected chi connectivity index (χ1v) is 11.1. The van der Waals surface area contributed by atoms with Crippen LogP contribution in [0.25, 0.3) is 10.2 Å². The van der Waals surface area contributed by atoms with Crippen LogP contribution in [0.1, 0.15) is 32.6 Å². The zero-order valence-electron chi connectivity index (χ0n) is 17.3. The van der Waals surface area contributed by atoms with Crippen molar-refractivity contribution < 1.29 is 28.8 Å². The van der Waals surface area contributed by atoms with E-state index in [1.54, 1.807) is 6.92 Å². The Bertz CT molecular complexity index is 1210. The molecule has 2 aliphatic rings. The van der Waals surface area contributed by atoms with Gasteiger partial charge in [-0.1, -0.05) is 17.8 Å². The number of non-ortho nitro benzene ring substituents is 1. The van der Waals surface area contributed by atoms with Crippen molar-refractivity contribution in [2.75, 3.05) is 6.61 Å². The fourth-order valence-corrected chi connectivity index (χ4v) is 5.09. The molecule has 0 saturated heterocycles. The summed E-state index contributed by atoms with van der Waals surface area (Å²) in [6.45, 7) is 1.62. The van der Waals surface area contributed by atoms with Gasteiger partial charge in [-0.15, -0.1) is 0 Å². The van der Waals surface area contributed by atoms with E-state index in [0.717, 1.165) is 30.6 Å². The number of amides is 1. The monoisotopic (exact) mass is 459 g/mol. The van der Waals surface area contributed by atoms with Gasteiger partial charge in [0.05, 0.1) is 33.9 Å². The zero-order chi connectivity index (χ0) is 22.8. The molecule has 1 fully saturated rings. The van der Waals surface area contributed by atoms with Crippen molar-refractivity contribution in [1.82, 2.24) is 4.57 Å². The molecule has 2 heterocycles. The average molecular weight is 459 g/mol. The number of aromatic nitrogens is 1. The van der Waals surface area contributed by atoms with Crippen LogP contribution in [0.2, 0.25) is 0 Å². The normalized spacial score (nSPS) is 21.0. The average Bonchev–Trinajstić information content (AvgIpc) is 3.10. The molecule has 0 spiro atoms. The van der Waals surface area contributed by atoms with E-state index in [1.807, 2.05) is 0 Å². The number of rotatable bonds is 5. The quantitative estimate of drug-likeness (QED) is 0.291. The maximum atomic E-state index is 12.9. The lowest BCUT2D eigenvalue weighted by Crippen LogP contribution is -2.38. The Balaban J connectivity index is 1.75. The lowest BCUT2D eigenvalue weighted by molar-refractivity contribution is -0.384. The van der Waals surface area contributed by atoms with E-state index in [2.05, 4.69) is 4.99 Å². The maximum Gasteiger partial charge on any atom is 0.326 e. The summed E-state index contributed by atoms with van der Waals surface area (Å²) in [7, 11) is 0. The van der Waals surface area contributed by atoms with Crippen molar-refractivity contribution in [3.63, 3.8) is 0 Å². The van der Waals surface area contributed by atoms with Gasteiger partial charge in [0.15, 0.2) is 10.6 Å². The fraction of sp³-hybridized carbons (Fsp3) is 0.429. The summed E-state index contributed by atoms with van der Waals surface area (Å²) in [5.74, 6) is -1.93. The second-order valence-corrected chi connectivity index (χ2v) is 8.57. The highest BCUT2D eigenvalue weighted by Gasteiger charge is 2.39. The van der Waals surface area contributed by atoms with Crippen LogP contribution in [0, 0.1) is 16.0 Å². The lowest BCUT2D eigenvalue weighted by Gasteiger charge is -2.33. The highest BCUT2D eigenvalue weighted by molar-refractivity contribution is 7.16. The number of thiazole rings is 1. The van der Waals surface area contributed by atoms with Crippen molar-refractivity contribution in [3.05, 3.63) is 45.0 Å². The maximum absolute atomic E-state index is 12.9. The van der Waals surface area contributed by atoms with Gasteiger partial charge in [-0.25, -0.2) is 0 Å². The second kappa shape index (κ2) is 9.03. The number of nitrogens with zero attached hydrogens (tertiary/aromatic N) is 3. The largest absolute Gasteiger partial charge is 0.496 e. The molecule has 2 aromatic rings. The molecule has 2 atom stereocenters. The van der Waals surface area contributed by atoms with E-state index in [1.165, 1.54) is 29.0 Å². The number of carbonyl (C=O) groups is 3. The van der Waals surface area contributed by atoms with E-state index < -0.39 is 16.8 Å². The van der Waals surface area contributed by atoms with Crippen LogP contribution in [0.15, 0.2) is 35.0 Å². The third-order valence-electron chi connectivity index (χ3n) is 5.56. The Labute approximate surface area is 186 Å². The lowest BCUT2D eigenvalue weighted by atomic mass is 9.80. The Morgan fingerprint density at radius 1 is 1.34 bits per heavy atom. The van der Waals surface area contributed by atoms with Gasteiger partial charge >= 0.3 is 5.97 Å². The minimum absolute atomic E-state index is 0.123. The molecule has 0 N–H and O–H groups in total. The molecule has 2 unspecified atom stereocenters. The number of esters is 1. The SMILES string of the molecule is CCOC(=O)Cn1c(=NC(=O)C2=COC3CCCCC3C2=O)sc2cc([N+](=O)[O-])ccc21. The Morgan fingerprint density at radius 2 is 2.12 bits per heavy atom. The van der Waals surface area contributed by atoms with Crippen LogP contribution in [0.5, 0.6) is 0 Å². The topological polar surface area (TPSA) is 130 Å². The summed E-state index contributed by atoms with van der Waals surface area (Å²) >= 11 is 1.02. The number of ether oxygens (including phenoxy) is 2. The van der Waals surface area contributed by atoms with E-state index in [9.17, 15) is 24.5 Å². The molecule has 1 amide bonds. The number of hydrogen-bond donors (Lipinski definition) is 0. The van der Waals surface area contributed by atoms with Crippen LogP contribution in [0.4, 0.5) is 5.69 Å². The molecule has 1 saturated carbocycles. The van der Waals surface area contributed by atoms with Gasteiger partial charge in [0.2, 0.25) is 0 Å². The van der Waals surface area contributed by atoms with Crippen molar-refractivity contribution >= 4 is 44.9 Å². The number of Topliss-reactive ketones (excluding diaryl/α,β-unsaturated/α-hetero) is 1. The van der Waals surface area contributed by atoms with Gasteiger partial charge in [0.25, 0.3) is 11.6 Å². The van der Waals surface area contributed by atoms with Crippen molar-refractivity contribution in [1.29, 1.82) is 0 Å². The molecule has 168 valence electrons. The van der Waals surface area contributed by atoms with Crippen LogP contribution in [-0.4, -0.2) is 39.9 Å². The number of nitro benzene ring substituents is 1. The fourth-order valence-electron chi connectivity index (χ4n) is 4.03. The number of carbonyl (C=O) groups excluding carboxylic acids is 3. The standard InChI is InChI=1S/C21H21N3O7S/c1-2-30-18(25)10-23-15-8-7-12(24(28)29)9-17(15)32-21(23)22-20(27)14-11-31-16-6-4-3-5-13(16)19(14)26/h7-9,11,13,16H,2-6,10H2,1H3. The molecule has 10 nitrogen and oxygen atoms in total. The third kappa shape index (κ3) is 4.20. The van der Waals surface area contributed by atoms with Crippen LogP contribution in [0.3, 0.4) is 0 Å². The van der Waals surface area contributed by atoms with Crippen molar-refractivity contribution in [2.24, 2.45) is 10.9 Å².